The Bertz CT molecular complexity index is 358. The zero-order chi connectivity index (χ0) is 13.0. The number of aryl methyl sites for hydroxylation is 1. The Balaban J connectivity index is 1.90. The first-order valence-electron chi connectivity index (χ1n) is 7.24. The molecule has 2 atom stereocenters. The molecule has 18 heavy (non-hydrogen) atoms. The number of benzene rings is 1. The Labute approximate surface area is 111 Å². The lowest BCUT2D eigenvalue weighted by atomic mass is 10.0. The van der Waals surface area contributed by atoms with Crippen molar-refractivity contribution in [2.45, 2.75) is 45.7 Å². The zero-order valence-electron chi connectivity index (χ0n) is 11.9. The summed E-state index contributed by atoms with van der Waals surface area (Å²) in [6.45, 7) is 10.3. The fourth-order valence-electron chi connectivity index (χ4n) is 2.78. The molecule has 1 aliphatic rings. The van der Waals surface area contributed by atoms with Crippen molar-refractivity contribution in [1.82, 2.24) is 10.2 Å². The van der Waals surface area contributed by atoms with Crippen LogP contribution in [0.3, 0.4) is 0 Å². The number of hydrogen-bond donors (Lipinski definition) is 1. The van der Waals surface area contributed by atoms with Crippen LogP contribution < -0.4 is 5.32 Å². The van der Waals surface area contributed by atoms with E-state index < -0.39 is 0 Å². The van der Waals surface area contributed by atoms with E-state index in [2.05, 4.69) is 55.3 Å². The van der Waals surface area contributed by atoms with Crippen molar-refractivity contribution in [2.24, 2.45) is 0 Å². The Kier molecular flexibility index (Phi) is 4.79. The fourth-order valence-corrected chi connectivity index (χ4v) is 2.78. The van der Waals surface area contributed by atoms with Crippen molar-refractivity contribution in [3.63, 3.8) is 0 Å². The fraction of sp³-hybridized carbons (Fsp3) is 0.625. The number of rotatable bonds is 4. The minimum absolute atomic E-state index is 0.451. The van der Waals surface area contributed by atoms with Crippen molar-refractivity contribution < 1.29 is 0 Å². The van der Waals surface area contributed by atoms with Gasteiger partial charge in [-0.1, -0.05) is 36.8 Å². The lowest BCUT2D eigenvalue weighted by molar-refractivity contribution is 0.192. The van der Waals surface area contributed by atoms with Crippen LogP contribution in [-0.2, 0) is 0 Å². The van der Waals surface area contributed by atoms with E-state index in [9.17, 15) is 0 Å². The third kappa shape index (κ3) is 3.56. The molecule has 1 N–H and O–H groups in total. The van der Waals surface area contributed by atoms with E-state index >= 15 is 0 Å². The van der Waals surface area contributed by atoms with Crippen LogP contribution >= 0.6 is 0 Å². The van der Waals surface area contributed by atoms with Gasteiger partial charge in [-0.2, -0.15) is 0 Å². The summed E-state index contributed by atoms with van der Waals surface area (Å²) in [5.41, 5.74) is 2.73. The van der Waals surface area contributed by atoms with Crippen LogP contribution in [0.15, 0.2) is 24.3 Å². The molecule has 1 aromatic carbocycles. The Morgan fingerprint density at radius 3 is 2.72 bits per heavy atom. The van der Waals surface area contributed by atoms with E-state index in [1.807, 2.05) is 0 Å². The van der Waals surface area contributed by atoms with Gasteiger partial charge in [-0.25, -0.2) is 0 Å². The largest absolute Gasteiger partial charge is 0.306 e. The molecule has 1 fully saturated rings. The van der Waals surface area contributed by atoms with E-state index in [1.54, 1.807) is 0 Å². The molecule has 2 heteroatoms. The van der Waals surface area contributed by atoms with Gasteiger partial charge in [-0.05, 0) is 45.3 Å². The van der Waals surface area contributed by atoms with Crippen LogP contribution in [0.2, 0.25) is 0 Å². The number of piperidine rings is 1. The van der Waals surface area contributed by atoms with Gasteiger partial charge in [0.05, 0.1) is 0 Å². The number of likely N-dealkylation sites (N-methyl/N-ethyl adjacent to an activating group) is 1. The third-order valence-electron chi connectivity index (χ3n) is 4.02. The Hall–Kier alpha value is -0.860. The second kappa shape index (κ2) is 6.35. The molecule has 1 saturated heterocycles. The maximum Gasteiger partial charge on any atom is 0.0294 e. The van der Waals surface area contributed by atoms with Crippen LogP contribution in [0.1, 0.15) is 43.9 Å². The van der Waals surface area contributed by atoms with Gasteiger partial charge in [-0.15, -0.1) is 0 Å². The van der Waals surface area contributed by atoms with Crippen molar-refractivity contribution in [1.29, 1.82) is 0 Å². The Morgan fingerprint density at radius 2 is 2.06 bits per heavy atom. The number of hydrogen-bond acceptors (Lipinski definition) is 2. The smallest absolute Gasteiger partial charge is 0.0294 e. The lowest BCUT2D eigenvalue weighted by Gasteiger charge is -2.34. The summed E-state index contributed by atoms with van der Waals surface area (Å²) in [5.74, 6) is 0. The molecule has 0 amide bonds. The first-order chi connectivity index (χ1) is 8.69. The minimum atomic E-state index is 0.451. The monoisotopic (exact) mass is 246 g/mol. The zero-order valence-corrected chi connectivity index (χ0v) is 11.9. The van der Waals surface area contributed by atoms with E-state index in [0.29, 0.717) is 12.1 Å². The van der Waals surface area contributed by atoms with E-state index in [-0.39, 0.29) is 0 Å². The molecular formula is C16H26N2. The summed E-state index contributed by atoms with van der Waals surface area (Å²) in [7, 11) is 0. The molecule has 0 aromatic heterocycles. The predicted molar refractivity (Wildman–Crippen MR) is 77.9 cm³/mol. The average molecular weight is 246 g/mol. The van der Waals surface area contributed by atoms with Crippen LogP contribution in [0.4, 0.5) is 0 Å². The number of nitrogens with zero attached hydrogens (tertiary/aromatic N) is 1. The summed E-state index contributed by atoms with van der Waals surface area (Å²) in [4.78, 5) is 2.54. The van der Waals surface area contributed by atoms with Gasteiger partial charge in [0.1, 0.15) is 0 Å². The summed E-state index contributed by atoms with van der Waals surface area (Å²) in [6.07, 6.45) is 2.64. The van der Waals surface area contributed by atoms with Gasteiger partial charge in [0.25, 0.3) is 0 Å². The van der Waals surface area contributed by atoms with E-state index in [4.69, 9.17) is 0 Å². The highest BCUT2D eigenvalue weighted by Gasteiger charge is 2.20. The molecular weight excluding hydrogens is 220 g/mol. The average Bonchev–Trinajstić information content (AvgIpc) is 2.39. The number of likely N-dealkylation sites (tertiary alicyclic amines) is 1. The van der Waals surface area contributed by atoms with Crippen molar-refractivity contribution in [3.05, 3.63) is 35.4 Å². The topological polar surface area (TPSA) is 15.3 Å². The molecule has 0 aliphatic carbocycles. The molecule has 1 aliphatic heterocycles. The highest BCUT2D eigenvalue weighted by molar-refractivity contribution is 5.23. The molecule has 0 saturated carbocycles. The minimum Gasteiger partial charge on any atom is -0.306 e. The highest BCUT2D eigenvalue weighted by atomic mass is 15.2. The lowest BCUT2D eigenvalue weighted by Crippen LogP contribution is -2.46. The Morgan fingerprint density at radius 1 is 1.33 bits per heavy atom. The van der Waals surface area contributed by atoms with Crippen LogP contribution in [0.25, 0.3) is 0 Å². The maximum atomic E-state index is 3.78. The quantitative estimate of drug-likeness (QED) is 0.878. The van der Waals surface area contributed by atoms with Crippen molar-refractivity contribution in [2.75, 3.05) is 19.6 Å². The molecule has 0 bridgehead atoms. The summed E-state index contributed by atoms with van der Waals surface area (Å²) >= 11 is 0. The van der Waals surface area contributed by atoms with Crippen LogP contribution in [-0.4, -0.2) is 30.6 Å². The maximum absolute atomic E-state index is 3.78. The molecule has 2 rings (SSSR count). The highest BCUT2D eigenvalue weighted by Crippen LogP contribution is 2.17. The van der Waals surface area contributed by atoms with Gasteiger partial charge in [0.2, 0.25) is 0 Å². The van der Waals surface area contributed by atoms with Gasteiger partial charge in [0, 0.05) is 18.6 Å². The summed E-state index contributed by atoms with van der Waals surface area (Å²) < 4.78 is 0. The molecule has 1 heterocycles. The second-order valence-electron chi connectivity index (χ2n) is 5.53. The molecule has 0 radical (unpaired) electrons. The number of nitrogens with one attached hydrogen (secondary N) is 1. The van der Waals surface area contributed by atoms with Crippen LogP contribution in [0.5, 0.6) is 0 Å². The van der Waals surface area contributed by atoms with Crippen LogP contribution in [0, 0.1) is 6.92 Å². The van der Waals surface area contributed by atoms with E-state index in [1.165, 1.54) is 43.6 Å². The summed E-state index contributed by atoms with van der Waals surface area (Å²) in [6, 6.07) is 9.99. The SMILES string of the molecule is CCN1CCCC(NC(C)c2ccc(C)cc2)C1. The van der Waals surface area contributed by atoms with Crippen molar-refractivity contribution >= 4 is 0 Å². The predicted octanol–water partition coefficient (Wildman–Crippen LogP) is 3.13. The normalized spacial score (nSPS) is 22.9. The molecule has 100 valence electrons. The molecule has 0 spiro atoms. The van der Waals surface area contributed by atoms with Gasteiger partial charge < -0.3 is 10.2 Å². The van der Waals surface area contributed by atoms with Gasteiger partial charge in [-0.3, -0.25) is 0 Å². The molecule has 1 aromatic rings. The standard InChI is InChI=1S/C16H26N2/c1-4-18-11-5-6-16(12-18)17-14(3)15-9-7-13(2)8-10-15/h7-10,14,16-17H,4-6,11-12H2,1-3H3. The summed E-state index contributed by atoms with van der Waals surface area (Å²) in [5, 5.41) is 3.78. The molecule has 2 unspecified atom stereocenters. The molecule has 2 nitrogen and oxygen atoms in total. The first kappa shape index (κ1) is 13.6. The van der Waals surface area contributed by atoms with Gasteiger partial charge in [0.15, 0.2) is 0 Å². The van der Waals surface area contributed by atoms with Crippen molar-refractivity contribution in [3.8, 4) is 0 Å². The van der Waals surface area contributed by atoms with E-state index in [0.717, 1.165) is 0 Å². The third-order valence-corrected chi connectivity index (χ3v) is 4.02. The van der Waals surface area contributed by atoms with Gasteiger partial charge >= 0.3 is 0 Å². The first-order valence-corrected chi connectivity index (χ1v) is 7.24. The second-order valence-corrected chi connectivity index (χ2v) is 5.53.